The molecule has 0 unspecified atom stereocenters. The summed E-state index contributed by atoms with van der Waals surface area (Å²) in [6.07, 6.45) is 2.81. The third-order valence-corrected chi connectivity index (χ3v) is 3.73. The van der Waals surface area contributed by atoms with Crippen LogP contribution in [0.15, 0.2) is 22.7 Å². The van der Waals surface area contributed by atoms with E-state index < -0.39 is 0 Å². The topological polar surface area (TPSA) is 12.5 Å². The fourth-order valence-electron chi connectivity index (χ4n) is 1.90. The van der Waals surface area contributed by atoms with Gasteiger partial charge in [-0.1, -0.05) is 15.9 Å². The lowest BCUT2D eigenvalue weighted by molar-refractivity contribution is 0.311. The average Bonchev–Trinajstić information content (AvgIpc) is 3.05. The van der Waals surface area contributed by atoms with Gasteiger partial charge in [-0.2, -0.15) is 0 Å². The Labute approximate surface area is 106 Å². The summed E-state index contributed by atoms with van der Waals surface area (Å²) in [5, 5.41) is 0. The third-order valence-electron chi connectivity index (χ3n) is 2.96. The van der Waals surface area contributed by atoms with Gasteiger partial charge in [0, 0.05) is 17.6 Å². The first kappa shape index (κ1) is 11.9. The number of methoxy groups -OCH3 is 1. The highest BCUT2D eigenvalue weighted by atomic mass is 79.9. The molecule has 1 aliphatic rings. The first-order chi connectivity index (χ1) is 7.69. The van der Waals surface area contributed by atoms with Crippen LogP contribution < -0.4 is 4.74 Å². The lowest BCUT2D eigenvalue weighted by Crippen LogP contribution is -2.20. The van der Waals surface area contributed by atoms with Crippen molar-refractivity contribution in [2.24, 2.45) is 5.92 Å². The minimum Gasteiger partial charge on any atom is -0.497 e. The first-order valence-corrected chi connectivity index (χ1v) is 6.49. The van der Waals surface area contributed by atoms with Crippen LogP contribution in [0.4, 0.5) is 0 Å². The van der Waals surface area contributed by atoms with Crippen LogP contribution in [0.25, 0.3) is 0 Å². The summed E-state index contributed by atoms with van der Waals surface area (Å²) in [6.45, 7) is 2.19. The van der Waals surface area contributed by atoms with Crippen molar-refractivity contribution in [2.75, 3.05) is 20.7 Å². The Morgan fingerprint density at radius 3 is 2.81 bits per heavy atom. The van der Waals surface area contributed by atoms with E-state index in [1.165, 1.54) is 24.9 Å². The Bertz CT molecular complexity index is 363. The number of rotatable bonds is 5. The Morgan fingerprint density at radius 1 is 1.44 bits per heavy atom. The smallest absolute Gasteiger partial charge is 0.119 e. The van der Waals surface area contributed by atoms with E-state index in [1.54, 1.807) is 7.11 Å². The van der Waals surface area contributed by atoms with Crippen molar-refractivity contribution >= 4 is 15.9 Å². The van der Waals surface area contributed by atoms with E-state index in [-0.39, 0.29) is 0 Å². The highest BCUT2D eigenvalue weighted by Crippen LogP contribution is 2.30. The maximum absolute atomic E-state index is 5.25. The minimum atomic E-state index is 0.929. The SMILES string of the molecule is COc1ccc(Br)c(CN(C)CC2CC2)c1. The number of hydrogen-bond donors (Lipinski definition) is 0. The molecule has 0 bridgehead atoms. The molecule has 1 saturated carbocycles. The molecule has 0 N–H and O–H groups in total. The fraction of sp³-hybridized carbons (Fsp3) is 0.538. The van der Waals surface area contributed by atoms with Crippen molar-refractivity contribution in [3.05, 3.63) is 28.2 Å². The van der Waals surface area contributed by atoms with Gasteiger partial charge in [-0.25, -0.2) is 0 Å². The molecule has 1 aromatic carbocycles. The van der Waals surface area contributed by atoms with Crippen molar-refractivity contribution < 1.29 is 4.74 Å². The second-order valence-corrected chi connectivity index (χ2v) is 5.45. The van der Waals surface area contributed by atoms with E-state index in [0.29, 0.717) is 0 Å². The van der Waals surface area contributed by atoms with E-state index >= 15 is 0 Å². The summed E-state index contributed by atoms with van der Waals surface area (Å²) in [5.74, 6) is 1.87. The van der Waals surface area contributed by atoms with Crippen molar-refractivity contribution in [3.8, 4) is 5.75 Å². The molecule has 0 aliphatic heterocycles. The van der Waals surface area contributed by atoms with Crippen molar-refractivity contribution in [3.63, 3.8) is 0 Å². The van der Waals surface area contributed by atoms with Gasteiger partial charge in [0.1, 0.15) is 5.75 Å². The van der Waals surface area contributed by atoms with Crippen LogP contribution in [-0.2, 0) is 6.54 Å². The van der Waals surface area contributed by atoms with Crippen LogP contribution in [0.1, 0.15) is 18.4 Å². The molecule has 2 rings (SSSR count). The zero-order chi connectivity index (χ0) is 11.5. The van der Waals surface area contributed by atoms with Gasteiger partial charge < -0.3 is 9.64 Å². The van der Waals surface area contributed by atoms with Crippen molar-refractivity contribution in [2.45, 2.75) is 19.4 Å². The van der Waals surface area contributed by atoms with E-state index in [2.05, 4.69) is 40.0 Å². The van der Waals surface area contributed by atoms with Gasteiger partial charge in [0.2, 0.25) is 0 Å². The molecule has 0 spiro atoms. The van der Waals surface area contributed by atoms with E-state index in [4.69, 9.17) is 4.74 Å². The lowest BCUT2D eigenvalue weighted by Gasteiger charge is -2.17. The molecular formula is C13H18BrNO. The van der Waals surface area contributed by atoms with Crippen LogP contribution in [0, 0.1) is 5.92 Å². The molecule has 16 heavy (non-hydrogen) atoms. The summed E-state index contributed by atoms with van der Waals surface area (Å²) in [5.41, 5.74) is 1.29. The van der Waals surface area contributed by atoms with E-state index in [0.717, 1.165) is 22.7 Å². The molecule has 88 valence electrons. The van der Waals surface area contributed by atoms with Gasteiger partial charge in [-0.15, -0.1) is 0 Å². The quantitative estimate of drug-likeness (QED) is 0.822. The van der Waals surface area contributed by atoms with Crippen LogP contribution in [-0.4, -0.2) is 25.6 Å². The van der Waals surface area contributed by atoms with Gasteiger partial charge in [-0.05, 0) is 49.6 Å². The monoisotopic (exact) mass is 283 g/mol. The molecule has 1 aromatic rings. The van der Waals surface area contributed by atoms with Gasteiger partial charge in [0.05, 0.1) is 7.11 Å². The van der Waals surface area contributed by atoms with Crippen LogP contribution in [0.5, 0.6) is 5.75 Å². The third kappa shape index (κ3) is 3.22. The highest BCUT2D eigenvalue weighted by molar-refractivity contribution is 9.10. The summed E-state index contributed by atoms with van der Waals surface area (Å²) < 4.78 is 6.41. The molecule has 0 saturated heterocycles. The Hall–Kier alpha value is -0.540. The molecule has 2 nitrogen and oxygen atoms in total. The Balaban J connectivity index is 2.00. The van der Waals surface area contributed by atoms with Crippen LogP contribution >= 0.6 is 15.9 Å². The van der Waals surface area contributed by atoms with Crippen molar-refractivity contribution in [1.82, 2.24) is 4.90 Å². The summed E-state index contributed by atoms with van der Waals surface area (Å²) in [7, 11) is 3.89. The number of halogens is 1. The molecule has 0 amide bonds. The number of benzene rings is 1. The zero-order valence-electron chi connectivity index (χ0n) is 9.87. The van der Waals surface area contributed by atoms with Gasteiger partial charge >= 0.3 is 0 Å². The summed E-state index contributed by atoms with van der Waals surface area (Å²) in [4.78, 5) is 2.39. The van der Waals surface area contributed by atoms with Gasteiger partial charge in [-0.3, -0.25) is 0 Å². The van der Waals surface area contributed by atoms with Gasteiger partial charge in [0.15, 0.2) is 0 Å². The number of nitrogens with zero attached hydrogens (tertiary/aromatic N) is 1. The zero-order valence-corrected chi connectivity index (χ0v) is 11.5. The average molecular weight is 284 g/mol. The second kappa shape index (κ2) is 5.19. The standard InChI is InChI=1S/C13H18BrNO/c1-15(8-10-3-4-10)9-11-7-12(16-2)5-6-13(11)14/h5-7,10H,3-4,8-9H2,1-2H3. The van der Waals surface area contributed by atoms with E-state index in [1.807, 2.05) is 6.07 Å². The Morgan fingerprint density at radius 2 is 2.19 bits per heavy atom. The minimum absolute atomic E-state index is 0.929. The summed E-state index contributed by atoms with van der Waals surface area (Å²) in [6, 6.07) is 6.14. The molecule has 0 atom stereocenters. The molecule has 1 aliphatic carbocycles. The lowest BCUT2D eigenvalue weighted by atomic mass is 10.2. The predicted molar refractivity (Wildman–Crippen MR) is 69.8 cm³/mol. The van der Waals surface area contributed by atoms with E-state index in [9.17, 15) is 0 Å². The number of hydrogen-bond acceptors (Lipinski definition) is 2. The van der Waals surface area contributed by atoms with Crippen LogP contribution in [0.3, 0.4) is 0 Å². The molecule has 3 heteroatoms. The van der Waals surface area contributed by atoms with Crippen molar-refractivity contribution in [1.29, 1.82) is 0 Å². The predicted octanol–water partition coefficient (Wildman–Crippen LogP) is 3.30. The Kier molecular flexibility index (Phi) is 3.87. The largest absolute Gasteiger partial charge is 0.497 e. The summed E-state index contributed by atoms with van der Waals surface area (Å²) >= 11 is 3.59. The molecule has 0 heterocycles. The highest BCUT2D eigenvalue weighted by Gasteiger charge is 2.22. The number of ether oxygens (including phenoxy) is 1. The molecule has 1 fully saturated rings. The fourth-order valence-corrected chi connectivity index (χ4v) is 2.27. The van der Waals surface area contributed by atoms with Crippen LogP contribution in [0.2, 0.25) is 0 Å². The normalized spacial score (nSPS) is 15.5. The maximum atomic E-state index is 5.25. The second-order valence-electron chi connectivity index (χ2n) is 4.60. The molecular weight excluding hydrogens is 266 g/mol. The maximum Gasteiger partial charge on any atom is 0.119 e. The molecule has 0 radical (unpaired) electrons. The van der Waals surface area contributed by atoms with Gasteiger partial charge in [0.25, 0.3) is 0 Å². The first-order valence-electron chi connectivity index (χ1n) is 5.70. The molecule has 0 aromatic heterocycles.